The number of anilines is 1. The van der Waals surface area contributed by atoms with E-state index in [-0.39, 0.29) is 12.3 Å². The van der Waals surface area contributed by atoms with Gasteiger partial charge in [0.25, 0.3) is 0 Å². The van der Waals surface area contributed by atoms with Gasteiger partial charge in [0.2, 0.25) is 5.91 Å². The average Bonchev–Trinajstić information content (AvgIpc) is 2.86. The number of carboxylic acid groups (broad SMARTS) is 1. The van der Waals surface area contributed by atoms with Crippen LogP contribution in [0.25, 0.3) is 0 Å². The lowest BCUT2D eigenvalue weighted by atomic mass is 10.2. The fourth-order valence-corrected chi connectivity index (χ4v) is 1.75. The van der Waals surface area contributed by atoms with Crippen LogP contribution in [0.15, 0.2) is 36.5 Å². The molecule has 0 aliphatic rings. The highest BCUT2D eigenvalue weighted by Gasteiger charge is 2.20. The van der Waals surface area contributed by atoms with E-state index in [0.29, 0.717) is 11.4 Å². The summed E-state index contributed by atoms with van der Waals surface area (Å²) in [6, 6.07) is 8.36. The van der Waals surface area contributed by atoms with Crippen molar-refractivity contribution in [3.63, 3.8) is 0 Å². The van der Waals surface area contributed by atoms with E-state index in [1.165, 1.54) is 10.9 Å². The van der Waals surface area contributed by atoms with Crippen LogP contribution in [0.2, 0.25) is 0 Å². The van der Waals surface area contributed by atoms with Crippen LogP contribution in [-0.2, 0) is 16.0 Å². The highest BCUT2D eigenvalue weighted by atomic mass is 16.4. The topological polar surface area (TPSA) is 97.1 Å². The van der Waals surface area contributed by atoms with Crippen LogP contribution in [-0.4, -0.2) is 32.0 Å². The minimum absolute atomic E-state index is 0.226. The maximum absolute atomic E-state index is 12.1. The second-order valence-corrected chi connectivity index (χ2v) is 4.27. The summed E-state index contributed by atoms with van der Waals surface area (Å²) in [5.41, 5.74) is 1.05. The Bertz CT molecular complexity index is 609. The molecule has 2 rings (SSSR count). The molecule has 1 aromatic carbocycles. The van der Waals surface area contributed by atoms with E-state index in [1.807, 2.05) is 18.2 Å². The van der Waals surface area contributed by atoms with E-state index in [0.717, 1.165) is 0 Å². The van der Waals surface area contributed by atoms with Crippen molar-refractivity contribution in [1.29, 1.82) is 0 Å². The normalized spacial score (nSPS) is 11.8. The number of hydrogen-bond donors (Lipinski definition) is 2. The van der Waals surface area contributed by atoms with Crippen LogP contribution in [0.3, 0.4) is 0 Å². The Kier molecular flexibility index (Phi) is 4.09. The molecule has 0 radical (unpaired) electrons. The van der Waals surface area contributed by atoms with E-state index in [2.05, 4.69) is 15.6 Å². The number of para-hydroxylation sites is 1. The number of hydrogen-bond acceptors (Lipinski definition) is 4. The van der Waals surface area contributed by atoms with Crippen LogP contribution in [0, 0.1) is 0 Å². The molecule has 1 amide bonds. The molecule has 7 heteroatoms. The molecule has 0 saturated carbocycles. The molecular formula is C13H14N4O3. The smallest absolute Gasteiger partial charge is 0.309 e. The van der Waals surface area contributed by atoms with Crippen molar-refractivity contribution >= 4 is 17.6 Å². The molecule has 20 heavy (non-hydrogen) atoms. The first kappa shape index (κ1) is 13.7. The monoisotopic (exact) mass is 274 g/mol. The van der Waals surface area contributed by atoms with Gasteiger partial charge < -0.3 is 10.4 Å². The van der Waals surface area contributed by atoms with Gasteiger partial charge >= 0.3 is 5.97 Å². The minimum Gasteiger partial charge on any atom is -0.481 e. The summed E-state index contributed by atoms with van der Waals surface area (Å²) < 4.78 is 1.31. The zero-order chi connectivity index (χ0) is 14.5. The molecule has 1 heterocycles. The summed E-state index contributed by atoms with van der Waals surface area (Å²) in [7, 11) is 0. The Morgan fingerprint density at radius 2 is 2.05 bits per heavy atom. The average molecular weight is 274 g/mol. The number of benzene rings is 1. The summed E-state index contributed by atoms with van der Waals surface area (Å²) in [5.74, 6) is -1.28. The van der Waals surface area contributed by atoms with Crippen molar-refractivity contribution in [1.82, 2.24) is 15.0 Å². The van der Waals surface area contributed by atoms with Gasteiger partial charge in [-0.05, 0) is 19.1 Å². The highest BCUT2D eigenvalue weighted by molar-refractivity contribution is 5.93. The predicted octanol–water partition coefficient (Wildman–Crippen LogP) is 1.10. The predicted molar refractivity (Wildman–Crippen MR) is 71.1 cm³/mol. The maximum atomic E-state index is 12.1. The third-order valence-corrected chi connectivity index (χ3v) is 2.77. The number of carboxylic acids is 1. The second kappa shape index (κ2) is 5.96. The number of aromatic nitrogens is 3. The molecule has 1 unspecified atom stereocenters. The molecule has 104 valence electrons. The first-order valence-corrected chi connectivity index (χ1v) is 6.04. The zero-order valence-electron chi connectivity index (χ0n) is 10.9. The number of nitrogens with zero attached hydrogens (tertiary/aromatic N) is 3. The van der Waals surface area contributed by atoms with E-state index in [9.17, 15) is 9.59 Å². The SMILES string of the molecule is CC(C(=O)Nc1ccccc1)n1nncc1CC(=O)O. The Hall–Kier alpha value is -2.70. The first-order valence-electron chi connectivity index (χ1n) is 6.04. The van der Waals surface area contributed by atoms with E-state index < -0.39 is 12.0 Å². The molecule has 1 atom stereocenters. The summed E-state index contributed by atoms with van der Waals surface area (Å²) in [6.45, 7) is 1.64. The van der Waals surface area contributed by atoms with Crippen molar-refractivity contribution in [2.75, 3.05) is 5.32 Å². The van der Waals surface area contributed by atoms with Gasteiger partial charge in [0.1, 0.15) is 6.04 Å². The van der Waals surface area contributed by atoms with Crippen molar-refractivity contribution in [3.05, 3.63) is 42.2 Å². The zero-order valence-corrected chi connectivity index (χ0v) is 10.9. The Morgan fingerprint density at radius 1 is 1.35 bits per heavy atom. The lowest BCUT2D eigenvalue weighted by Crippen LogP contribution is -2.26. The number of aliphatic carboxylic acids is 1. The Morgan fingerprint density at radius 3 is 2.70 bits per heavy atom. The fraction of sp³-hybridized carbons (Fsp3) is 0.231. The van der Waals surface area contributed by atoms with Gasteiger partial charge in [-0.3, -0.25) is 9.59 Å². The van der Waals surface area contributed by atoms with Crippen molar-refractivity contribution in [2.45, 2.75) is 19.4 Å². The van der Waals surface area contributed by atoms with Crippen LogP contribution in [0.4, 0.5) is 5.69 Å². The number of carbonyl (C=O) groups excluding carboxylic acids is 1. The van der Waals surface area contributed by atoms with Gasteiger partial charge in [-0.1, -0.05) is 23.4 Å². The largest absolute Gasteiger partial charge is 0.481 e. The number of rotatable bonds is 5. The Labute approximate surface area is 115 Å². The van der Waals surface area contributed by atoms with Gasteiger partial charge in [-0.25, -0.2) is 4.68 Å². The molecule has 1 aromatic heterocycles. The molecule has 0 saturated heterocycles. The molecule has 7 nitrogen and oxygen atoms in total. The summed E-state index contributed by atoms with van der Waals surface area (Å²) in [5, 5.41) is 19.0. The van der Waals surface area contributed by atoms with Gasteiger partial charge in [-0.2, -0.15) is 0 Å². The number of nitrogens with one attached hydrogen (secondary N) is 1. The molecular weight excluding hydrogens is 260 g/mol. The molecule has 2 N–H and O–H groups in total. The summed E-state index contributed by atoms with van der Waals surface area (Å²) in [6.07, 6.45) is 1.12. The van der Waals surface area contributed by atoms with Crippen LogP contribution < -0.4 is 5.32 Å². The van der Waals surface area contributed by atoms with Crippen LogP contribution in [0.1, 0.15) is 18.7 Å². The van der Waals surface area contributed by atoms with E-state index >= 15 is 0 Å². The quantitative estimate of drug-likeness (QED) is 0.851. The molecule has 0 fully saturated rings. The molecule has 0 aliphatic heterocycles. The number of carbonyl (C=O) groups is 2. The first-order chi connectivity index (χ1) is 9.58. The molecule has 0 spiro atoms. The number of amides is 1. The summed E-state index contributed by atoms with van der Waals surface area (Å²) >= 11 is 0. The van der Waals surface area contributed by atoms with E-state index in [1.54, 1.807) is 19.1 Å². The van der Waals surface area contributed by atoms with Gasteiger partial charge in [0.15, 0.2) is 0 Å². The summed E-state index contributed by atoms with van der Waals surface area (Å²) in [4.78, 5) is 22.8. The molecule has 0 bridgehead atoms. The highest BCUT2D eigenvalue weighted by Crippen LogP contribution is 2.13. The molecule has 2 aromatic rings. The lowest BCUT2D eigenvalue weighted by molar-refractivity contribution is -0.136. The van der Waals surface area contributed by atoms with Gasteiger partial charge in [-0.15, -0.1) is 5.10 Å². The van der Waals surface area contributed by atoms with Crippen molar-refractivity contribution in [3.8, 4) is 0 Å². The molecule has 0 aliphatic carbocycles. The van der Waals surface area contributed by atoms with Crippen LogP contribution in [0.5, 0.6) is 0 Å². The Balaban J connectivity index is 2.11. The second-order valence-electron chi connectivity index (χ2n) is 4.27. The standard InChI is InChI=1S/C13H14N4O3/c1-9(13(20)15-10-5-3-2-4-6-10)17-11(7-12(18)19)8-14-16-17/h2-6,8-9H,7H2,1H3,(H,15,20)(H,18,19). The fourth-order valence-electron chi connectivity index (χ4n) is 1.75. The third-order valence-electron chi connectivity index (χ3n) is 2.77. The van der Waals surface area contributed by atoms with Crippen LogP contribution >= 0.6 is 0 Å². The van der Waals surface area contributed by atoms with Gasteiger partial charge in [0.05, 0.1) is 18.3 Å². The third kappa shape index (κ3) is 3.19. The maximum Gasteiger partial charge on any atom is 0.309 e. The lowest BCUT2D eigenvalue weighted by Gasteiger charge is -2.14. The van der Waals surface area contributed by atoms with Crippen molar-refractivity contribution < 1.29 is 14.7 Å². The van der Waals surface area contributed by atoms with Gasteiger partial charge in [0, 0.05) is 5.69 Å². The van der Waals surface area contributed by atoms with Crippen molar-refractivity contribution in [2.24, 2.45) is 0 Å². The minimum atomic E-state index is -0.996. The van der Waals surface area contributed by atoms with E-state index in [4.69, 9.17) is 5.11 Å².